The summed E-state index contributed by atoms with van der Waals surface area (Å²) in [5.41, 5.74) is 3.19. The molecule has 1 aliphatic heterocycles. The lowest BCUT2D eigenvalue weighted by atomic mass is 10.0. The second-order valence-electron chi connectivity index (χ2n) is 7.40. The van der Waals surface area contributed by atoms with E-state index in [9.17, 15) is 0 Å². The van der Waals surface area contributed by atoms with Crippen molar-refractivity contribution in [2.75, 3.05) is 4.90 Å². The number of aryl methyl sites for hydroxylation is 1. The van der Waals surface area contributed by atoms with Gasteiger partial charge in [-0.15, -0.1) is 0 Å². The number of pyridine rings is 1. The highest BCUT2D eigenvalue weighted by Gasteiger charge is 2.42. The lowest BCUT2D eigenvalue weighted by molar-refractivity contribution is 0.383. The lowest BCUT2D eigenvalue weighted by Gasteiger charge is -2.26. The van der Waals surface area contributed by atoms with Crippen molar-refractivity contribution in [2.24, 2.45) is 0 Å². The molecule has 1 N–H and O–H groups in total. The average molecular weight is 444 g/mol. The molecule has 0 bridgehead atoms. The predicted octanol–water partition coefficient (Wildman–Crippen LogP) is 6.31. The molecule has 0 amide bonds. The molecule has 4 aromatic rings. The number of nitrogens with one attached hydrogen (secondary N) is 1. The number of hydrogen-bond donors (Lipinski definition) is 1. The van der Waals surface area contributed by atoms with Crippen LogP contribution in [0.5, 0.6) is 0 Å². The number of para-hydroxylation sites is 1. The van der Waals surface area contributed by atoms with Crippen molar-refractivity contribution in [3.8, 4) is 0 Å². The second kappa shape index (κ2) is 8.57. The fourth-order valence-corrected chi connectivity index (χ4v) is 4.91. The van der Waals surface area contributed by atoms with Crippen LogP contribution in [0.3, 0.4) is 0 Å². The van der Waals surface area contributed by atoms with Crippen LogP contribution in [0.2, 0.25) is 0 Å². The topological polar surface area (TPSA) is 41.3 Å². The zero-order valence-corrected chi connectivity index (χ0v) is 18.6. The molecule has 31 heavy (non-hydrogen) atoms. The molecule has 0 radical (unpaired) electrons. The van der Waals surface area contributed by atoms with Crippen molar-refractivity contribution >= 4 is 34.8 Å². The molecule has 2 unspecified atom stereocenters. The number of hydrogen-bond acceptors (Lipinski definition) is 4. The first-order chi connectivity index (χ1) is 15.2. The van der Waals surface area contributed by atoms with Gasteiger partial charge >= 0.3 is 0 Å². The molecule has 1 fully saturated rings. The minimum atomic E-state index is -0.142. The lowest BCUT2D eigenvalue weighted by Crippen LogP contribution is -2.29. The van der Waals surface area contributed by atoms with Gasteiger partial charge in [-0.3, -0.25) is 4.98 Å². The summed E-state index contributed by atoms with van der Waals surface area (Å²) in [6.07, 6.45) is 1.81. The van der Waals surface area contributed by atoms with E-state index in [0.29, 0.717) is 5.11 Å². The normalized spacial score (nSPS) is 18.2. The zero-order valence-electron chi connectivity index (χ0n) is 16.9. The van der Waals surface area contributed by atoms with Crippen LogP contribution in [-0.4, -0.2) is 10.1 Å². The van der Waals surface area contributed by atoms with Crippen LogP contribution in [0.1, 0.15) is 29.1 Å². The Balaban J connectivity index is 1.51. The van der Waals surface area contributed by atoms with Crippen LogP contribution in [0.25, 0.3) is 0 Å². The van der Waals surface area contributed by atoms with Crippen molar-refractivity contribution in [3.05, 3.63) is 108 Å². The molecule has 4 nitrogen and oxygen atoms in total. The number of rotatable bonds is 5. The van der Waals surface area contributed by atoms with E-state index in [0.717, 1.165) is 27.1 Å². The van der Waals surface area contributed by atoms with Gasteiger partial charge in [-0.1, -0.05) is 53.7 Å². The molecular formula is C25H21N3OS2. The van der Waals surface area contributed by atoms with Gasteiger partial charge in [-0.2, -0.15) is 0 Å². The summed E-state index contributed by atoms with van der Waals surface area (Å²) in [7, 11) is 0. The molecule has 1 saturated heterocycles. The highest BCUT2D eigenvalue weighted by molar-refractivity contribution is 7.99. The zero-order chi connectivity index (χ0) is 21.2. The van der Waals surface area contributed by atoms with Gasteiger partial charge in [-0.05, 0) is 67.7 Å². The van der Waals surface area contributed by atoms with Gasteiger partial charge in [0.25, 0.3) is 0 Å². The third-order valence-electron chi connectivity index (χ3n) is 5.27. The molecule has 2 aromatic carbocycles. The fraction of sp³-hybridized carbons (Fsp3) is 0.120. The molecule has 0 spiro atoms. The maximum atomic E-state index is 6.35. The molecule has 2 atom stereocenters. The summed E-state index contributed by atoms with van der Waals surface area (Å²) in [4.78, 5) is 7.85. The van der Waals surface area contributed by atoms with E-state index in [2.05, 4.69) is 58.5 Å². The number of thiocarbonyl (C=S) groups is 1. The maximum absolute atomic E-state index is 6.35. The van der Waals surface area contributed by atoms with Gasteiger partial charge in [-0.25, -0.2) is 0 Å². The van der Waals surface area contributed by atoms with Crippen molar-refractivity contribution in [3.63, 3.8) is 0 Å². The molecular weight excluding hydrogens is 422 g/mol. The summed E-state index contributed by atoms with van der Waals surface area (Å²) in [5, 5.41) is 4.97. The fourth-order valence-electron chi connectivity index (χ4n) is 3.78. The first-order valence-corrected chi connectivity index (χ1v) is 11.3. The third-order valence-corrected chi connectivity index (χ3v) is 6.51. The number of nitrogens with zero attached hydrogens (tertiary/aromatic N) is 2. The van der Waals surface area contributed by atoms with Crippen LogP contribution < -0.4 is 10.2 Å². The summed E-state index contributed by atoms with van der Waals surface area (Å²) in [6.45, 7) is 2.09. The molecule has 2 aromatic heterocycles. The highest BCUT2D eigenvalue weighted by Crippen LogP contribution is 2.43. The smallest absolute Gasteiger partial charge is 0.174 e. The van der Waals surface area contributed by atoms with Gasteiger partial charge in [0.2, 0.25) is 0 Å². The Labute approximate surface area is 191 Å². The monoisotopic (exact) mass is 443 g/mol. The van der Waals surface area contributed by atoms with E-state index in [1.165, 1.54) is 5.56 Å². The van der Waals surface area contributed by atoms with E-state index in [-0.39, 0.29) is 12.1 Å². The van der Waals surface area contributed by atoms with Crippen LogP contribution in [-0.2, 0) is 0 Å². The van der Waals surface area contributed by atoms with Gasteiger partial charge in [0.15, 0.2) is 10.2 Å². The van der Waals surface area contributed by atoms with E-state index in [4.69, 9.17) is 16.6 Å². The first-order valence-electron chi connectivity index (χ1n) is 10.1. The summed E-state index contributed by atoms with van der Waals surface area (Å²) in [5.74, 6) is 0.849. The maximum Gasteiger partial charge on any atom is 0.174 e. The van der Waals surface area contributed by atoms with Crippen LogP contribution >= 0.6 is 24.0 Å². The third kappa shape index (κ3) is 4.09. The van der Waals surface area contributed by atoms with E-state index < -0.39 is 0 Å². The Morgan fingerprint density at radius 2 is 1.71 bits per heavy atom. The SMILES string of the molecule is Cc1ccc(Sc2ccc(C3C(c4ccccn4)NC(=S)N3c3ccccc3)o2)cc1. The quantitative estimate of drug-likeness (QED) is 0.365. The van der Waals surface area contributed by atoms with E-state index in [1.54, 1.807) is 11.8 Å². The minimum absolute atomic E-state index is 0.114. The number of anilines is 1. The molecule has 3 heterocycles. The van der Waals surface area contributed by atoms with Crippen LogP contribution in [0, 0.1) is 6.92 Å². The van der Waals surface area contributed by atoms with E-state index >= 15 is 0 Å². The average Bonchev–Trinajstić information content (AvgIpc) is 3.40. The number of benzene rings is 2. The van der Waals surface area contributed by atoms with Crippen molar-refractivity contribution < 1.29 is 4.42 Å². The summed E-state index contributed by atoms with van der Waals surface area (Å²) >= 11 is 7.36. The van der Waals surface area contributed by atoms with Crippen molar-refractivity contribution in [2.45, 2.75) is 29.0 Å². The molecule has 1 aliphatic rings. The Hall–Kier alpha value is -3.09. The summed E-state index contributed by atoms with van der Waals surface area (Å²) in [6, 6.07) is 28.4. The first kappa shape index (κ1) is 19.8. The standard InChI is InChI=1S/C25H21N3OS2/c1-17-10-12-19(13-11-17)31-22-15-14-21(29-22)24-23(20-9-5-6-16-26-20)27-25(30)28(24)18-7-3-2-4-8-18/h2-16,23-24H,1H3,(H,27,30). The van der Waals surface area contributed by atoms with Crippen molar-refractivity contribution in [1.29, 1.82) is 0 Å². The summed E-state index contributed by atoms with van der Waals surface area (Å²) < 4.78 is 6.35. The Kier molecular flexibility index (Phi) is 5.49. The highest BCUT2D eigenvalue weighted by atomic mass is 32.2. The van der Waals surface area contributed by atoms with Gasteiger partial charge in [0, 0.05) is 16.8 Å². The minimum Gasteiger partial charge on any atom is -0.452 e. The second-order valence-corrected chi connectivity index (χ2v) is 8.87. The van der Waals surface area contributed by atoms with Crippen LogP contribution in [0.4, 0.5) is 5.69 Å². The molecule has 0 aliphatic carbocycles. The molecule has 5 rings (SSSR count). The number of aromatic nitrogens is 1. The van der Waals surface area contributed by atoms with Crippen LogP contribution in [0.15, 0.2) is 106 Å². The Morgan fingerprint density at radius 1 is 0.935 bits per heavy atom. The molecule has 0 saturated carbocycles. The van der Waals surface area contributed by atoms with Gasteiger partial charge in [0.1, 0.15) is 11.8 Å². The Bertz CT molecular complexity index is 1180. The van der Waals surface area contributed by atoms with Gasteiger partial charge < -0.3 is 14.6 Å². The van der Waals surface area contributed by atoms with Gasteiger partial charge in [0.05, 0.1) is 11.7 Å². The number of furan rings is 1. The Morgan fingerprint density at radius 3 is 2.45 bits per heavy atom. The predicted molar refractivity (Wildman–Crippen MR) is 128 cm³/mol. The largest absolute Gasteiger partial charge is 0.452 e. The molecule has 154 valence electrons. The van der Waals surface area contributed by atoms with E-state index in [1.807, 2.05) is 54.7 Å². The van der Waals surface area contributed by atoms with Crippen molar-refractivity contribution in [1.82, 2.24) is 10.3 Å². The molecule has 6 heteroatoms.